The third-order valence-corrected chi connectivity index (χ3v) is 2.81. The molecule has 1 aromatic carbocycles. The lowest BCUT2D eigenvalue weighted by molar-refractivity contribution is -0.123. The third-order valence-electron chi connectivity index (χ3n) is 2.81. The predicted molar refractivity (Wildman–Crippen MR) is 70.9 cm³/mol. The largest absolute Gasteiger partial charge is 0.508 e. The highest BCUT2D eigenvalue weighted by molar-refractivity contribution is 5.81. The Balaban J connectivity index is 2.51. The average molecular weight is 251 g/mol. The van der Waals surface area contributed by atoms with E-state index >= 15 is 0 Å². The SMILES string of the molecule is CC(NC(=O)[C@H](N)CCCN)c1ccc(O)cc1. The van der Waals surface area contributed by atoms with Gasteiger partial charge in [0.1, 0.15) is 5.75 Å². The van der Waals surface area contributed by atoms with Gasteiger partial charge in [-0.25, -0.2) is 0 Å². The number of carbonyl (C=O) groups is 1. The van der Waals surface area contributed by atoms with Crippen LogP contribution in [0, 0.1) is 0 Å². The molecule has 0 aliphatic rings. The minimum atomic E-state index is -0.520. The van der Waals surface area contributed by atoms with Gasteiger partial charge in [0.2, 0.25) is 5.91 Å². The fourth-order valence-electron chi connectivity index (χ4n) is 1.64. The van der Waals surface area contributed by atoms with Gasteiger partial charge in [0, 0.05) is 0 Å². The lowest BCUT2D eigenvalue weighted by Crippen LogP contribution is -2.41. The Morgan fingerprint density at radius 3 is 2.56 bits per heavy atom. The first-order valence-corrected chi connectivity index (χ1v) is 6.09. The number of hydrogen-bond acceptors (Lipinski definition) is 4. The molecule has 1 aromatic rings. The van der Waals surface area contributed by atoms with E-state index in [4.69, 9.17) is 11.5 Å². The number of amides is 1. The van der Waals surface area contributed by atoms with Crippen molar-refractivity contribution in [3.05, 3.63) is 29.8 Å². The summed E-state index contributed by atoms with van der Waals surface area (Å²) in [5, 5.41) is 12.0. The Hall–Kier alpha value is -1.59. The molecule has 0 fully saturated rings. The summed E-state index contributed by atoms with van der Waals surface area (Å²) in [4.78, 5) is 11.8. The van der Waals surface area contributed by atoms with E-state index < -0.39 is 6.04 Å². The second-order valence-corrected chi connectivity index (χ2v) is 4.36. The van der Waals surface area contributed by atoms with Gasteiger partial charge in [0.25, 0.3) is 0 Å². The maximum absolute atomic E-state index is 11.8. The summed E-state index contributed by atoms with van der Waals surface area (Å²) in [6.07, 6.45) is 1.33. The van der Waals surface area contributed by atoms with Gasteiger partial charge in [-0.3, -0.25) is 4.79 Å². The summed E-state index contributed by atoms with van der Waals surface area (Å²) in [7, 11) is 0. The number of aromatic hydroxyl groups is 1. The van der Waals surface area contributed by atoms with Crippen LogP contribution in [0.2, 0.25) is 0 Å². The van der Waals surface area contributed by atoms with Crippen LogP contribution < -0.4 is 16.8 Å². The molecule has 18 heavy (non-hydrogen) atoms. The van der Waals surface area contributed by atoms with Crippen molar-refractivity contribution in [3.63, 3.8) is 0 Å². The number of rotatable bonds is 6. The van der Waals surface area contributed by atoms with E-state index in [0.717, 1.165) is 12.0 Å². The van der Waals surface area contributed by atoms with Gasteiger partial charge in [-0.05, 0) is 44.0 Å². The van der Waals surface area contributed by atoms with E-state index in [0.29, 0.717) is 13.0 Å². The zero-order chi connectivity index (χ0) is 13.5. The van der Waals surface area contributed by atoms with Gasteiger partial charge < -0.3 is 21.9 Å². The van der Waals surface area contributed by atoms with Crippen molar-refractivity contribution in [1.29, 1.82) is 0 Å². The average Bonchev–Trinajstić information content (AvgIpc) is 2.36. The topological polar surface area (TPSA) is 101 Å². The van der Waals surface area contributed by atoms with Crippen molar-refractivity contribution >= 4 is 5.91 Å². The zero-order valence-electron chi connectivity index (χ0n) is 10.6. The van der Waals surface area contributed by atoms with Crippen LogP contribution in [0.1, 0.15) is 31.4 Å². The minimum absolute atomic E-state index is 0.137. The first-order chi connectivity index (χ1) is 8.54. The molecule has 1 rings (SSSR count). The summed E-state index contributed by atoms with van der Waals surface area (Å²) in [6, 6.07) is 6.06. The molecule has 5 nitrogen and oxygen atoms in total. The van der Waals surface area contributed by atoms with E-state index in [1.54, 1.807) is 24.3 Å². The van der Waals surface area contributed by atoms with Gasteiger partial charge in [-0.1, -0.05) is 12.1 Å². The normalized spacial score (nSPS) is 13.9. The van der Waals surface area contributed by atoms with Gasteiger partial charge in [0.15, 0.2) is 0 Å². The predicted octanol–water partition coefficient (Wildman–Crippen LogP) is 0.636. The molecule has 6 N–H and O–H groups in total. The summed E-state index contributed by atoms with van der Waals surface area (Å²) < 4.78 is 0. The molecule has 1 amide bonds. The quantitative estimate of drug-likeness (QED) is 0.595. The van der Waals surface area contributed by atoms with E-state index in [-0.39, 0.29) is 17.7 Å². The number of carbonyl (C=O) groups excluding carboxylic acids is 1. The third kappa shape index (κ3) is 4.35. The molecule has 5 heteroatoms. The number of nitrogens with one attached hydrogen (secondary N) is 1. The fourth-order valence-corrected chi connectivity index (χ4v) is 1.64. The summed E-state index contributed by atoms with van der Waals surface area (Å²) in [5.74, 6) is 0.0287. The highest BCUT2D eigenvalue weighted by Gasteiger charge is 2.15. The highest BCUT2D eigenvalue weighted by Crippen LogP contribution is 2.16. The highest BCUT2D eigenvalue weighted by atomic mass is 16.3. The summed E-state index contributed by atoms with van der Waals surface area (Å²) >= 11 is 0. The lowest BCUT2D eigenvalue weighted by Gasteiger charge is -2.17. The van der Waals surface area contributed by atoms with Crippen LogP contribution in [-0.2, 0) is 4.79 Å². The molecular weight excluding hydrogens is 230 g/mol. The van der Waals surface area contributed by atoms with Gasteiger partial charge >= 0.3 is 0 Å². The lowest BCUT2D eigenvalue weighted by atomic mass is 10.1. The Morgan fingerprint density at radius 1 is 1.39 bits per heavy atom. The van der Waals surface area contributed by atoms with Crippen LogP contribution in [0.4, 0.5) is 0 Å². The number of phenolic OH excluding ortho intramolecular Hbond substituents is 1. The van der Waals surface area contributed by atoms with E-state index in [1.807, 2.05) is 6.92 Å². The molecule has 0 saturated carbocycles. The molecule has 1 unspecified atom stereocenters. The zero-order valence-corrected chi connectivity index (χ0v) is 10.6. The van der Waals surface area contributed by atoms with E-state index in [9.17, 15) is 9.90 Å². The maximum atomic E-state index is 11.8. The maximum Gasteiger partial charge on any atom is 0.237 e. The Kier molecular flexibility index (Phi) is 5.61. The van der Waals surface area contributed by atoms with Crippen molar-refractivity contribution in [3.8, 4) is 5.75 Å². The van der Waals surface area contributed by atoms with Crippen molar-refractivity contribution < 1.29 is 9.90 Å². The molecule has 0 bridgehead atoms. The fraction of sp³-hybridized carbons (Fsp3) is 0.462. The van der Waals surface area contributed by atoms with Crippen molar-refractivity contribution in [1.82, 2.24) is 5.32 Å². The second kappa shape index (κ2) is 6.98. The minimum Gasteiger partial charge on any atom is -0.508 e. The molecule has 0 aliphatic carbocycles. The van der Waals surface area contributed by atoms with Gasteiger partial charge in [-0.15, -0.1) is 0 Å². The van der Waals surface area contributed by atoms with Crippen molar-refractivity contribution in [2.75, 3.05) is 6.54 Å². The van der Waals surface area contributed by atoms with Crippen LogP contribution in [-0.4, -0.2) is 23.6 Å². The van der Waals surface area contributed by atoms with Crippen LogP contribution in [0.25, 0.3) is 0 Å². The summed E-state index contributed by atoms with van der Waals surface area (Å²) in [5.41, 5.74) is 12.0. The Morgan fingerprint density at radius 2 is 2.00 bits per heavy atom. The molecule has 0 aliphatic heterocycles. The van der Waals surface area contributed by atoms with E-state index in [2.05, 4.69) is 5.32 Å². The number of hydrogen-bond donors (Lipinski definition) is 4. The van der Waals surface area contributed by atoms with Crippen molar-refractivity contribution in [2.45, 2.75) is 31.8 Å². The molecule has 0 saturated heterocycles. The molecule has 100 valence electrons. The van der Waals surface area contributed by atoms with Gasteiger partial charge in [0.05, 0.1) is 12.1 Å². The van der Waals surface area contributed by atoms with Crippen LogP contribution >= 0.6 is 0 Å². The van der Waals surface area contributed by atoms with Crippen LogP contribution in [0.3, 0.4) is 0 Å². The van der Waals surface area contributed by atoms with E-state index in [1.165, 1.54) is 0 Å². The molecule has 0 radical (unpaired) electrons. The summed E-state index contributed by atoms with van der Waals surface area (Å²) in [6.45, 7) is 2.41. The smallest absolute Gasteiger partial charge is 0.237 e. The number of benzene rings is 1. The second-order valence-electron chi connectivity index (χ2n) is 4.36. The first kappa shape index (κ1) is 14.5. The molecule has 0 spiro atoms. The molecule has 2 atom stereocenters. The van der Waals surface area contributed by atoms with Crippen LogP contribution in [0.5, 0.6) is 5.75 Å². The molecule has 0 aromatic heterocycles. The first-order valence-electron chi connectivity index (χ1n) is 6.09. The standard InChI is InChI=1S/C13H21N3O2/c1-9(10-4-6-11(17)7-5-10)16-13(18)12(15)3-2-8-14/h4-7,9,12,17H,2-3,8,14-15H2,1H3,(H,16,18)/t9?,12-/m1/s1. The molecule has 0 heterocycles. The van der Waals surface area contributed by atoms with Crippen molar-refractivity contribution in [2.24, 2.45) is 11.5 Å². The Bertz CT molecular complexity index is 378. The number of nitrogens with two attached hydrogens (primary N) is 2. The van der Waals surface area contributed by atoms with Crippen LogP contribution in [0.15, 0.2) is 24.3 Å². The monoisotopic (exact) mass is 251 g/mol. The van der Waals surface area contributed by atoms with Gasteiger partial charge in [-0.2, -0.15) is 0 Å². The number of phenols is 1. The molecular formula is C13H21N3O2. The Labute approximate surface area is 107 Å².